The van der Waals surface area contributed by atoms with Crippen molar-refractivity contribution in [3.8, 4) is 5.75 Å². The molecule has 0 heterocycles. The minimum atomic E-state index is -0.0536. The summed E-state index contributed by atoms with van der Waals surface area (Å²) in [6.45, 7) is -0.0536. The molecule has 0 fully saturated rings. The molecule has 1 aromatic rings. The van der Waals surface area contributed by atoms with Gasteiger partial charge >= 0.3 is 0 Å². The highest BCUT2D eigenvalue weighted by Crippen LogP contribution is 2.24. The molecule has 0 aliphatic heterocycles. The second kappa shape index (κ2) is 5.60. The van der Waals surface area contributed by atoms with E-state index >= 15 is 0 Å². The Kier molecular flexibility index (Phi) is 4.40. The van der Waals surface area contributed by atoms with Gasteiger partial charge in [0.15, 0.2) is 6.73 Å². The number of nitrogens with zero attached hydrogens (tertiary/aromatic N) is 3. The second-order valence-electron chi connectivity index (χ2n) is 2.39. The molecule has 0 atom stereocenters. The van der Waals surface area contributed by atoms with E-state index in [9.17, 15) is 0 Å². The average Bonchev–Trinajstić information content (AvgIpc) is 2.20. The Morgan fingerprint density at radius 2 is 2.29 bits per heavy atom. The van der Waals surface area contributed by atoms with Gasteiger partial charge in [0.2, 0.25) is 0 Å². The lowest BCUT2D eigenvalue weighted by molar-refractivity contribution is 0.326. The molecular formula is C8H7Cl2N3O. The summed E-state index contributed by atoms with van der Waals surface area (Å²) in [6, 6.07) is 5.08. The third kappa shape index (κ3) is 3.00. The van der Waals surface area contributed by atoms with Gasteiger partial charge in [-0.1, -0.05) is 16.7 Å². The first-order valence-electron chi connectivity index (χ1n) is 3.76. The fraction of sp³-hybridized carbons (Fsp3) is 0.250. The molecule has 0 spiro atoms. The van der Waals surface area contributed by atoms with Gasteiger partial charge in [-0.2, -0.15) is 0 Å². The summed E-state index contributed by atoms with van der Waals surface area (Å²) >= 11 is 11.4. The molecule has 0 N–H and O–H groups in total. The maximum absolute atomic E-state index is 8.05. The van der Waals surface area contributed by atoms with Crippen molar-refractivity contribution in [2.75, 3.05) is 6.73 Å². The summed E-state index contributed by atoms with van der Waals surface area (Å²) in [5.41, 5.74) is 8.82. The van der Waals surface area contributed by atoms with E-state index in [-0.39, 0.29) is 6.73 Å². The molecule has 0 saturated carbocycles. The summed E-state index contributed by atoms with van der Waals surface area (Å²) in [5, 5.41) is 3.84. The van der Waals surface area contributed by atoms with Crippen LogP contribution in [0.5, 0.6) is 5.75 Å². The zero-order valence-electron chi connectivity index (χ0n) is 7.15. The quantitative estimate of drug-likeness (QED) is 0.337. The Morgan fingerprint density at radius 1 is 1.50 bits per heavy atom. The predicted octanol–water partition coefficient (Wildman–Crippen LogP) is 3.73. The van der Waals surface area contributed by atoms with Crippen LogP contribution in [-0.2, 0) is 5.88 Å². The molecule has 4 nitrogen and oxygen atoms in total. The van der Waals surface area contributed by atoms with Crippen LogP contribution < -0.4 is 4.74 Å². The van der Waals surface area contributed by atoms with Crippen molar-refractivity contribution in [2.45, 2.75) is 5.88 Å². The van der Waals surface area contributed by atoms with E-state index in [1.165, 1.54) is 0 Å². The largest absolute Gasteiger partial charge is 0.487 e. The molecule has 0 unspecified atom stereocenters. The van der Waals surface area contributed by atoms with Crippen LogP contribution in [0.25, 0.3) is 10.4 Å². The van der Waals surface area contributed by atoms with Crippen molar-refractivity contribution in [1.29, 1.82) is 0 Å². The average molecular weight is 232 g/mol. The van der Waals surface area contributed by atoms with Gasteiger partial charge in [0.1, 0.15) is 5.75 Å². The van der Waals surface area contributed by atoms with Crippen molar-refractivity contribution in [3.05, 3.63) is 39.2 Å². The van der Waals surface area contributed by atoms with Crippen LogP contribution in [0, 0.1) is 0 Å². The number of alkyl halides is 1. The first-order chi connectivity index (χ1) is 6.77. The molecule has 14 heavy (non-hydrogen) atoms. The Labute approximate surface area is 91.0 Å². The Hall–Kier alpha value is -1.09. The molecule has 0 aliphatic carbocycles. The van der Waals surface area contributed by atoms with Crippen molar-refractivity contribution in [2.24, 2.45) is 5.11 Å². The number of hydrogen-bond acceptors (Lipinski definition) is 2. The normalized spacial score (nSPS) is 9.29. The van der Waals surface area contributed by atoms with Crippen LogP contribution in [0.2, 0.25) is 5.02 Å². The van der Waals surface area contributed by atoms with Crippen molar-refractivity contribution in [1.82, 2.24) is 0 Å². The number of rotatable bonds is 4. The highest BCUT2D eigenvalue weighted by molar-refractivity contribution is 6.30. The van der Waals surface area contributed by atoms with Crippen LogP contribution in [0.4, 0.5) is 0 Å². The first-order valence-corrected chi connectivity index (χ1v) is 4.67. The smallest absolute Gasteiger partial charge is 0.167 e. The fourth-order valence-corrected chi connectivity index (χ4v) is 1.32. The monoisotopic (exact) mass is 231 g/mol. The third-order valence-corrected chi connectivity index (χ3v) is 2.03. The van der Waals surface area contributed by atoms with E-state index in [0.29, 0.717) is 16.7 Å². The van der Waals surface area contributed by atoms with E-state index in [1.54, 1.807) is 18.2 Å². The van der Waals surface area contributed by atoms with Gasteiger partial charge in [0, 0.05) is 15.5 Å². The van der Waals surface area contributed by atoms with Crippen molar-refractivity contribution < 1.29 is 4.74 Å². The highest BCUT2D eigenvalue weighted by Gasteiger charge is 2.02. The zero-order valence-corrected chi connectivity index (χ0v) is 8.66. The summed E-state index contributed by atoms with van der Waals surface area (Å²) < 4.78 is 5.16. The fourth-order valence-electron chi connectivity index (χ4n) is 0.917. The molecule has 0 amide bonds. The van der Waals surface area contributed by atoms with Gasteiger partial charge in [0.05, 0.1) is 5.88 Å². The molecule has 1 rings (SSSR count). The van der Waals surface area contributed by atoms with Gasteiger partial charge < -0.3 is 4.74 Å². The zero-order chi connectivity index (χ0) is 10.4. The van der Waals surface area contributed by atoms with Gasteiger partial charge in [-0.3, -0.25) is 0 Å². The highest BCUT2D eigenvalue weighted by atomic mass is 35.5. The second-order valence-corrected chi connectivity index (χ2v) is 3.09. The molecule has 0 bridgehead atoms. The van der Waals surface area contributed by atoms with Crippen LogP contribution >= 0.6 is 23.2 Å². The number of hydrogen-bond donors (Lipinski definition) is 0. The molecular weight excluding hydrogens is 225 g/mol. The van der Waals surface area contributed by atoms with E-state index in [1.807, 2.05) is 0 Å². The molecule has 0 aromatic heterocycles. The summed E-state index contributed by atoms with van der Waals surface area (Å²) in [6.07, 6.45) is 0. The van der Waals surface area contributed by atoms with E-state index in [4.69, 9.17) is 33.5 Å². The SMILES string of the molecule is [N-]=[N+]=NCOc1ccc(Cl)cc1CCl. The molecule has 74 valence electrons. The van der Waals surface area contributed by atoms with Crippen LogP contribution in [0.1, 0.15) is 5.56 Å². The van der Waals surface area contributed by atoms with Crippen molar-refractivity contribution in [3.63, 3.8) is 0 Å². The Balaban J connectivity index is 2.79. The Morgan fingerprint density at radius 3 is 2.93 bits per heavy atom. The molecule has 6 heteroatoms. The maximum atomic E-state index is 8.05. The van der Waals surface area contributed by atoms with E-state index in [2.05, 4.69) is 10.0 Å². The maximum Gasteiger partial charge on any atom is 0.167 e. The van der Waals surface area contributed by atoms with Crippen LogP contribution in [0.3, 0.4) is 0 Å². The van der Waals surface area contributed by atoms with Crippen LogP contribution in [-0.4, -0.2) is 6.73 Å². The number of ether oxygens (including phenoxy) is 1. The van der Waals surface area contributed by atoms with Crippen molar-refractivity contribution >= 4 is 23.2 Å². The number of benzene rings is 1. The Bertz CT molecular complexity index is 364. The standard InChI is InChI=1S/C8H7Cl2N3O/c9-4-6-3-7(10)1-2-8(6)14-5-12-13-11/h1-3H,4-5H2. The van der Waals surface area contributed by atoms with Crippen LogP contribution in [0.15, 0.2) is 23.3 Å². The first kappa shape index (κ1) is 11.0. The molecule has 1 aromatic carbocycles. The van der Waals surface area contributed by atoms with E-state index in [0.717, 1.165) is 5.56 Å². The van der Waals surface area contributed by atoms with Gasteiger partial charge in [0.25, 0.3) is 0 Å². The lowest BCUT2D eigenvalue weighted by atomic mass is 10.2. The van der Waals surface area contributed by atoms with E-state index < -0.39 is 0 Å². The molecule has 0 saturated heterocycles. The van der Waals surface area contributed by atoms with Gasteiger partial charge in [-0.05, 0) is 23.7 Å². The van der Waals surface area contributed by atoms with Gasteiger partial charge in [-0.25, -0.2) is 0 Å². The number of halogens is 2. The summed E-state index contributed by atoms with van der Waals surface area (Å²) in [5.74, 6) is 0.878. The lowest BCUT2D eigenvalue weighted by Gasteiger charge is -2.07. The summed E-state index contributed by atoms with van der Waals surface area (Å²) in [7, 11) is 0. The minimum Gasteiger partial charge on any atom is -0.487 e. The molecule has 0 aliphatic rings. The third-order valence-electron chi connectivity index (χ3n) is 1.51. The lowest BCUT2D eigenvalue weighted by Crippen LogP contribution is -1.95. The summed E-state index contributed by atoms with van der Waals surface area (Å²) in [4.78, 5) is 2.56. The minimum absolute atomic E-state index is 0.0536. The molecule has 0 radical (unpaired) electrons. The number of azide groups is 1. The van der Waals surface area contributed by atoms with Gasteiger partial charge in [-0.15, -0.1) is 11.6 Å². The predicted molar refractivity (Wildman–Crippen MR) is 55.7 cm³/mol. The topological polar surface area (TPSA) is 58.0 Å².